The molecule has 2 aliphatic rings. The molecule has 0 aromatic heterocycles. The maximum absolute atomic E-state index is 12.5. The molecule has 26 heavy (non-hydrogen) atoms. The number of alkyl halides is 3. The van der Waals surface area contributed by atoms with Crippen LogP contribution in [0.3, 0.4) is 0 Å². The van der Waals surface area contributed by atoms with Crippen LogP contribution in [-0.2, 0) is 0 Å². The van der Waals surface area contributed by atoms with Crippen LogP contribution in [0.2, 0.25) is 0 Å². The SMILES string of the molecule is CCNC(=NCC1CCN(CC(F)(F)F)C1)N1CCC(CC(C)C)C1.I. The van der Waals surface area contributed by atoms with Crippen molar-refractivity contribution < 1.29 is 13.2 Å². The molecule has 2 atom stereocenters. The minimum Gasteiger partial charge on any atom is -0.357 e. The zero-order valence-corrected chi connectivity index (χ0v) is 18.5. The van der Waals surface area contributed by atoms with Gasteiger partial charge in [0.2, 0.25) is 0 Å². The minimum atomic E-state index is -4.10. The largest absolute Gasteiger partial charge is 0.401 e. The summed E-state index contributed by atoms with van der Waals surface area (Å²) in [5, 5.41) is 3.35. The van der Waals surface area contributed by atoms with Crippen molar-refractivity contribution in [2.45, 2.75) is 46.2 Å². The zero-order chi connectivity index (χ0) is 18.4. The average Bonchev–Trinajstić information content (AvgIpc) is 3.11. The Morgan fingerprint density at radius 3 is 2.46 bits per heavy atom. The second-order valence-corrected chi connectivity index (χ2v) is 7.93. The molecule has 0 saturated carbocycles. The molecule has 2 rings (SSSR count). The van der Waals surface area contributed by atoms with Crippen LogP contribution >= 0.6 is 24.0 Å². The summed E-state index contributed by atoms with van der Waals surface area (Å²) in [5.74, 6) is 2.59. The van der Waals surface area contributed by atoms with Gasteiger partial charge in [-0.3, -0.25) is 9.89 Å². The number of hydrogen-bond acceptors (Lipinski definition) is 2. The quantitative estimate of drug-likeness (QED) is 0.349. The number of likely N-dealkylation sites (tertiary alicyclic amines) is 2. The molecule has 0 aromatic carbocycles. The Morgan fingerprint density at radius 2 is 1.85 bits per heavy atom. The van der Waals surface area contributed by atoms with Crippen LogP contribution in [0.1, 0.15) is 40.0 Å². The lowest BCUT2D eigenvalue weighted by Crippen LogP contribution is -2.40. The predicted octanol–water partition coefficient (Wildman–Crippen LogP) is 3.82. The van der Waals surface area contributed by atoms with E-state index in [1.165, 1.54) is 17.7 Å². The molecule has 0 aromatic rings. The second-order valence-electron chi connectivity index (χ2n) is 7.93. The lowest BCUT2D eigenvalue weighted by molar-refractivity contribution is -0.143. The molecule has 0 spiro atoms. The first-order valence-electron chi connectivity index (χ1n) is 9.59. The summed E-state index contributed by atoms with van der Waals surface area (Å²) in [6.07, 6.45) is -0.862. The molecular weight excluding hydrogens is 456 g/mol. The lowest BCUT2D eigenvalue weighted by atomic mass is 9.97. The first-order chi connectivity index (χ1) is 11.8. The van der Waals surface area contributed by atoms with Crippen LogP contribution in [0.5, 0.6) is 0 Å². The summed E-state index contributed by atoms with van der Waals surface area (Å²) >= 11 is 0. The predicted molar refractivity (Wildman–Crippen MR) is 111 cm³/mol. The fraction of sp³-hybridized carbons (Fsp3) is 0.944. The van der Waals surface area contributed by atoms with E-state index in [-0.39, 0.29) is 29.9 Å². The minimum absolute atomic E-state index is 0. The highest BCUT2D eigenvalue weighted by Crippen LogP contribution is 2.25. The number of guanidine groups is 1. The van der Waals surface area contributed by atoms with E-state index in [0.29, 0.717) is 25.6 Å². The first-order valence-corrected chi connectivity index (χ1v) is 9.59. The first kappa shape index (κ1) is 23.8. The Morgan fingerprint density at radius 1 is 1.15 bits per heavy atom. The summed E-state index contributed by atoms with van der Waals surface area (Å²) in [6, 6.07) is 0. The highest BCUT2D eigenvalue weighted by Gasteiger charge is 2.34. The van der Waals surface area contributed by atoms with E-state index < -0.39 is 12.7 Å². The van der Waals surface area contributed by atoms with Gasteiger partial charge in [0.1, 0.15) is 0 Å². The van der Waals surface area contributed by atoms with Crippen molar-refractivity contribution in [3.63, 3.8) is 0 Å². The molecule has 0 bridgehead atoms. The number of nitrogens with zero attached hydrogens (tertiary/aromatic N) is 3. The zero-order valence-electron chi connectivity index (χ0n) is 16.2. The van der Waals surface area contributed by atoms with Gasteiger partial charge in [0.15, 0.2) is 5.96 Å². The van der Waals surface area contributed by atoms with Crippen molar-refractivity contribution in [1.82, 2.24) is 15.1 Å². The van der Waals surface area contributed by atoms with E-state index in [1.807, 2.05) is 0 Å². The van der Waals surface area contributed by atoms with E-state index in [2.05, 4.69) is 31.0 Å². The third kappa shape index (κ3) is 8.19. The van der Waals surface area contributed by atoms with Gasteiger partial charge < -0.3 is 10.2 Å². The van der Waals surface area contributed by atoms with Crippen molar-refractivity contribution in [3.05, 3.63) is 0 Å². The third-order valence-corrected chi connectivity index (χ3v) is 5.00. The third-order valence-electron chi connectivity index (χ3n) is 5.00. The Balaban J connectivity index is 0.00000338. The maximum atomic E-state index is 12.5. The van der Waals surface area contributed by atoms with E-state index in [1.54, 1.807) is 0 Å². The van der Waals surface area contributed by atoms with Crippen molar-refractivity contribution in [1.29, 1.82) is 0 Å². The summed E-state index contributed by atoms with van der Waals surface area (Å²) in [6.45, 7) is 10.3. The topological polar surface area (TPSA) is 30.9 Å². The average molecular weight is 490 g/mol. The number of nitrogens with one attached hydrogen (secondary N) is 1. The molecule has 0 radical (unpaired) electrons. The van der Waals surface area contributed by atoms with Crippen LogP contribution in [0, 0.1) is 17.8 Å². The Hall–Kier alpha value is -0.250. The van der Waals surface area contributed by atoms with Crippen LogP contribution in [0.4, 0.5) is 13.2 Å². The molecule has 154 valence electrons. The standard InChI is InChI=1S/C18H33F3N4.HI/c1-4-22-17(25-8-6-15(12-25)9-14(2)3)23-10-16-5-7-24(11-16)13-18(19,20)21;/h14-16H,4-13H2,1-3H3,(H,22,23);1H. The summed E-state index contributed by atoms with van der Waals surface area (Å²) in [4.78, 5) is 8.57. The van der Waals surface area contributed by atoms with Gasteiger partial charge in [-0.15, -0.1) is 24.0 Å². The molecule has 0 amide bonds. The van der Waals surface area contributed by atoms with Gasteiger partial charge in [-0.25, -0.2) is 0 Å². The Bertz CT molecular complexity index is 443. The maximum Gasteiger partial charge on any atom is 0.401 e. The van der Waals surface area contributed by atoms with Crippen molar-refractivity contribution in [2.75, 3.05) is 45.8 Å². The molecule has 1 N–H and O–H groups in total. The fourth-order valence-corrected chi connectivity index (χ4v) is 3.98. The van der Waals surface area contributed by atoms with E-state index >= 15 is 0 Å². The number of halogens is 4. The molecule has 2 saturated heterocycles. The monoisotopic (exact) mass is 490 g/mol. The van der Waals surface area contributed by atoms with Crippen molar-refractivity contribution in [3.8, 4) is 0 Å². The highest BCUT2D eigenvalue weighted by atomic mass is 127. The van der Waals surface area contributed by atoms with Crippen molar-refractivity contribution >= 4 is 29.9 Å². The molecule has 2 unspecified atom stereocenters. The summed E-state index contributed by atoms with van der Waals surface area (Å²) < 4.78 is 37.5. The number of aliphatic imine (C=N–C) groups is 1. The van der Waals surface area contributed by atoms with Crippen LogP contribution in [-0.4, -0.2) is 67.7 Å². The molecule has 0 aliphatic carbocycles. The highest BCUT2D eigenvalue weighted by molar-refractivity contribution is 14.0. The van der Waals surface area contributed by atoms with E-state index in [4.69, 9.17) is 4.99 Å². The van der Waals surface area contributed by atoms with Gasteiger partial charge in [-0.2, -0.15) is 13.2 Å². The Labute approximate surface area is 173 Å². The molecule has 2 aliphatic heterocycles. The second kappa shape index (κ2) is 10.9. The normalized spacial score (nSPS) is 25.0. The molecule has 2 heterocycles. The van der Waals surface area contributed by atoms with Gasteiger partial charge in [-0.05, 0) is 50.5 Å². The van der Waals surface area contributed by atoms with Gasteiger partial charge in [-0.1, -0.05) is 13.8 Å². The smallest absolute Gasteiger partial charge is 0.357 e. The molecule has 8 heteroatoms. The number of hydrogen-bond donors (Lipinski definition) is 1. The summed E-state index contributed by atoms with van der Waals surface area (Å²) in [5.41, 5.74) is 0. The van der Waals surface area contributed by atoms with Crippen LogP contribution in [0.25, 0.3) is 0 Å². The molecule has 2 fully saturated rings. The van der Waals surface area contributed by atoms with Crippen LogP contribution in [0.15, 0.2) is 4.99 Å². The lowest BCUT2D eigenvalue weighted by Gasteiger charge is -2.23. The van der Waals surface area contributed by atoms with Gasteiger partial charge >= 0.3 is 6.18 Å². The Kier molecular flexibility index (Phi) is 9.99. The van der Waals surface area contributed by atoms with Gasteiger partial charge in [0.05, 0.1) is 6.54 Å². The fourth-order valence-electron chi connectivity index (χ4n) is 3.98. The van der Waals surface area contributed by atoms with Crippen LogP contribution < -0.4 is 5.32 Å². The van der Waals surface area contributed by atoms with E-state index in [9.17, 15) is 13.2 Å². The number of rotatable bonds is 6. The molecular formula is C18H34F3IN4. The molecule has 4 nitrogen and oxygen atoms in total. The van der Waals surface area contributed by atoms with E-state index in [0.717, 1.165) is 37.9 Å². The van der Waals surface area contributed by atoms with Gasteiger partial charge in [0.25, 0.3) is 0 Å². The summed E-state index contributed by atoms with van der Waals surface area (Å²) in [7, 11) is 0. The van der Waals surface area contributed by atoms with Gasteiger partial charge in [0, 0.05) is 32.7 Å². The van der Waals surface area contributed by atoms with Crippen molar-refractivity contribution in [2.24, 2.45) is 22.7 Å².